The van der Waals surface area contributed by atoms with E-state index in [9.17, 15) is 14.0 Å². The van der Waals surface area contributed by atoms with Gasteiger partial charge >= 0.3 is 0 Å². The Balaban J connectivity index is 2.63. The second-order valence-corrected chi connectivity index (χ2v) is 5.65. The highest BCUT2D eigenvalue weighted by Gasteiger charge is 2.35. The van der Waals surface area contributed by atoms with Crippen molar-refractivity contribution in [1.82, 2.24) is 9.80 Å². The fourth-order valence-corrected chi connectivity index (χ4v) is 1.60. The van der Waals surface area contributed by atoms with Crippen LogP contribution in [0.15, 0.2) is 0 Å². The Hall–Kier alpha value is -1.41. The van der Waals surface area contributed by atoms with Crippen LogP contribution < -0.4 is 0 Å². The lowest BCUT2D eigenvalue weighted by Crippen LogP contribution is -2.45. The number of halogens is 1. The van der Waals surface area contributed by atoms with Crippen LogP contribution in [0.4, 0.5) is 4.39 Å². The fourth-order valence-electron chi connectivity index (χ4n) is 1.60. The van der Waals surface area contributed by atoms with Crippen LogP contribution in [0.3, 0.4) is 0 Å². The summed E-state index contributed by atoms with van der Waals surface area (Å²) in [7, 11) is 3.78. The summed E-state index contributed by atoms with van der Waals surface area (Å²) in [6.45, 7) is 4.32. The Morgan fingerprint density at radius 3 is 2.32 bits per heavy atom. The lowest BCUT2D eigenvalue weighted by Gasteiger charge is -2.32. The predicted octanol–water partition coefficient (Wildman–Crippen LogP) is 0.860. The summed E-state index contributed by atoms with van der Waals surface area (Å²) in [6.07, 6.45) is 0.456. The van der Waals surface area contributed by atoms with E-state index in [-0.39, 0.29) is 31.8 Å². The predicted molar refractivity (Wildman–Crippen MR) is 71.3 cm³/mol. The normalized spacial score (nSPS) is 18.7. The number of likely N-dealkylation sites (tertiary alicyclic amines) is 1. The maximum atomic E-state index is 13.7. The van der Waals surface area contributed by atoms with E-state index < -0.39 is 11.2 Å². The van der Waals surface area contributed by atoms with Crippen molar-refractivity contribution in [3.8, 4) is 11.8 Å². The molecule has 1 aliphatic heterocycles. The molecule has 19 heavy (non-hydrogen) atoms. The van der Waals surface area contributed by atoms with Crippen LogP contribution in [0, 0.1) is 11.8 Å². The van der Waals surface area contributed by atoms with E-state index in [1.807, 2.05) is 32.8 Å². The molecular weight excluding hydrogens is 247 g/mol. The molecule has 0 unspecified atom stereocenters. The summed E-state index contributed by atoms with van der Waals surface area (Å²) in [5, 5.41) is 0. The third-order valence-corrected chi connectivity index (χ3v) is 3.69. The zero-order valence-electron chi connectivity index (χ0n) is 12.0. The van der Waals surface area contributed by atoms with Gasteiger partial charge in [-0.3, -0.25) is 14.5 Å². The summed E-state index contributed by atoms with van der Waals surface area (Å²) in [4.78, 5) is 25.9. The number of rotatable bonds is 2. The van der Waals surface area contributed by atoms with Gasteiger partial charge in [0.05, 0.1) is 5.54 Å². The SMILES string of the molecule is CN(C)C(C)(C)C#CC(=O)N1CCC(F)(C=O)CC1. The minimum absolute atomic E-state index is 0.0565. The molecule has 1 aliphatic rings. The molecule has 4 nitrogen and oxygen atoms in total. The Morgan fingerprint density at radius 1 is 1.37 bits per heavy atom. The first-order chi connectivity index (χ1) is 8.70. The molecule has 0 radical (unpaired) electrons. The smallest absolute Gasteiger partial charge is 0.298 e. The van der Waals surface area contributed by atoms with Crippen molar-refractivity contribution in [2.45, 2.75) is 37.9 Å². The average Bonchev–Trinajstić information content (AvgIpc) is 2.37. The standard InChI is InChI=1S/C14H21FN2O2/c1-13(2,16(3)4)6-5-12(19)17-9-7-14(15,11-18)8-10-17/h11H,7-10H2,1-4H3. The zero-order chi connectivity index (χ0) is 14.7. The number of alkyl halides is 1. The van der Waals surface area contributed by atoms with Crippen molar-refractivity contribution in [1.29, 1.82) is 0 Å². The Bertz CT molecular complexity index is 413. The number of hydrogen-bond donors (Lipinski definition) is 0. The maximum Gasteiger partial charge on any atom is 0.298 e. The van der Waals surface area contributed by atoms with E-state index in [4.69, 9.17) is 0 Å². The molecule has 0 aromatic carbocycles. The first kappa shape index (κ1) is 15.6. The highest BCUT2D eigenvalue weighted by atomic mass is 19.1. The maximum absolute atomic E-state index is 13.7. The number of aldehydes is 1. The lowest BCUT2D eigenvalue weighted by molar-refractivity contribution is -0.131. The van der Waals surface area contributed by atoms with Crippen LogP contribution in [-0.4, -0.2) is 60.4 Å². The van der Waals surface area contributed by atoms with Crippen LogP contribution in [0.1, 0.15) is 26.7 Å². The van der Waals surface area contributed by atoms with Crippen molar-refractivity contribution in [3.63, 3.8) is 0 Å². The molecule has 0 saturated carbocycles. The van der Waals surface area contributed by atoms with Gasteiger partial charge in [0.15, 0.2) is 12.0 Å². The molecule has 5 heteroatoms. The number of amides is 1. The quantitative estimate of drug-likeness (QED) is 0.551. The van der Waals surface area contributed by atoms with Gasteiger partial charge in [0, 0.05) is 25.9 Å². The molecule has 106 valence electrons. The van der Waals surface area contributed by atoms with E-state index in [1.165, 1.54) is 4.90 Å². The first-order valence-corrected chi connectivity index (χ1v) is 6.35. The fraction of sp³-hybridized carbons (Fsp3) is 0.714. The number of piperidine rings is 1. The third-order valence-electron chi connectivity index (χ3n) is 3.69. The molecule has 1 heterocycles. The average molecular weight is 268 g/mol. The highest BCUT2D eigenvalue weighted by molar-refractivity contribution is 5.94. The molecule has 0 spiro atoms. The van der Waals surface area contributed by atoms with E-state index in [1.54, 1.807) is 0 Å². The van der Waals surface area contributed by atoms with Crippen molar-refractivity contribution < 1.29 is 14.0 Å². The largest absolute Gasteiger partial charge is 0.332 e. The molecule has 0 N–H and O–H groups in total. The molecule has 1 rings (SSSR count). The van der Waals surface area contributed by atoms with Crippen LogP contribution in [-0.2, 0) is 9.59 Å². The van der Waals surface area contributed by atoms with Crippen LogP contribution in [0.25, 0.3) is 0 Å². The summed E-state index contributed by atoms with van der Waals surface area (Å²) in [5.74, 6) is 5.21. The Labute approximate surface area is 113 Å². The molecule has 1 fully saturated rings. The van der Waals surface area contributed by atoms with Crippen molar-refractivity contribution in [2.24, 2.45) is 0 Å². The number of hydrogen-bond acceptors (Lipinski definition) is 3. The molecule has 0 aromatic heterocycles. The third kappa shape index (κ3) is 4.03. The topological polar surface area (TPSA) is 40.6 Å². The Kier molecular flexibility index (Phi) is 4.70. The minimum Gasteiger partial charge on any atom is -0.332 e. The summed E-state index contributed by atoms with van der Waals surface area (Å²) < 4.78 is 13.7. The molecule has 0 atom stereocenters. The number of carbonyl (C=O) groups is 2. The van der Waals surface area contributed by atoms with Crippen molar-refractivity contribution in [2.75, 3.05) is 27.2 Å². The van der Waals surface area contributed by atoms with E-state index in [2.05, 4.69) is 11.8 Å². The number of nitrogens with zero attached hydrogens (tertiary/aromatic N) is 2. The molecule has 0 bridgehead atoms. The second kappa shape index (κ2) is 5.70. The lowest BCUT2D eigenvalue weighted by atomic mass is 9.95. The second-order valence-electron chi connectivity index (χ2n) is 5.65. The molecule has 1 saturated heterocycles. The summed E-state index contributed by atoms with van der Waals surface area (Å²) in [6, 6.07) is 0. The van der Waals surface area contributed by atoms with Crippen molar-refractivity contribution >= 4 is 12.2 Å². The van der Waals surface area contributed by atoms with E-state index in [0.717, 1.165) is 0 Å². The van der Waals surface area contributed by atoms with Crippen molar-refractivity contribution in [3.05, 3.63) is 0 Å². The van der Waals surface area contributed by atoms with Crippen LogP contribution in [0.5, 0.6) is 0 Å². The molecule has 0 aliphatic carbocycles. The minimum atomic E-state index is -1.77. The summed E-state index contributed by atoms with van der Waals surface area (Å²) in [5.41, 5.74) is -2.16. The van der Waals surface area contributed by atoms with E-state index >= 15 is 0 Å². The first-order valence-electron chi connectivity index (χ1n) is 6.35. The van der Waals surface area contributed by atoms with Gasteiger partial charge in [-0.25, -0.2) is 4.39 Å². The van der Waals surface area contributed by atoms with Gasteiger partial charge in [-0.1, -0.05) is 5.92 Å². The van der Waals surface area contributed by atoms with Gasteiger partial charge in [0.2, 0.25) is 0 Å². The monoisotopic (exact) mass is 268 g/mol. The Morgan fingerprint density at radius 2 is 1.89 bits per heavy atom. The van der Waals surface area contributed by atoms with Crippen LogP contribution >= 0.6 is 0 Å². The van der Waals surface area contributed by atoms with Gasteiger partial charge in [-0.15, -0.1) is 0 Å². The van der Waals surface area contributed by atoms with Gasteiger partial charge in [-0.05, 0) is 33.9 Å². The molecule has 0 aromatic rings. The molecule has 1 amide bonds. The van der Waals surface area contributed by atoms with Gasteiger partial charge < -0.3 is 4.90 Å². The summed E-state index contributed by atoms with van der Waals surface area (Å²) >= 11 is 0. The zero-order valence-corrected chi connectivity index (χ0v) is 12.0. The van der Waals surface area contributed by atoms with Gasteiger partial charge in [-0.2, -0.15) is 0 Å². The van der Waals surface area contributed by atoms with Crippen LogP contribution in [0.2, 0.25) is 0 Å². The van der Waals surface area contributed by atoms with E-state index in [0.29, 0.717) is 6.29 Å². The number of carbonyl (C=O) groups excluding carboxylic acids is 2. The molecular formula is C14H21FN2O2. The highest BCUT2D eigenvalue weighted by Crippen LogP contribution is 2.24. The van der Waals surface area contributed by atoms with Gasteiger partial charge in [0.25, 0.3) is 5.91 Å². The van der Waals surface area contributed by atoms with Gasteiger partial charge in [0.1, 0.15) is 0 Å².